The van der Waals surface area contributed by atoms with E-state index >= 15 is 0 Å². The summed E-state index contributed by atoms with van der Waals surface area (Å²) in [6.07, 6.45) is 0. The van der Waals surface area contributed by atoms with Crippen LogP contribution in [0.5, 0.6) is 5.75 Å². The van der Waals surface area contributed by atoms with Crippen molar-refractivity contribution in [2.75, 3.05) is 7.11 Å². The maximum Gasteiger partial charge on any atom is 0.330 e. The second-order valence-electron chi connectivity index (χ2n) is 2.47. The van der Waals surface area contributed by atoms with Gasteiger partial charge in [0.15, 0.2) is 0 Å². The summed E-state index contributed by atoms with van der Waals surface area (Å²) in [4.78, 5) is 0. The van der Waals surface area contributed by atoms with Crippen LogP contribution in [0.15, 0.2) is 12.1 Å². The van der Waals surface area contributed by atoms with Crippen molar-refractivity contribution in [1.82, 2.24) is 0 Å². The highest BCUT2D eigenvalue weighted by Crippen LogP contribution is 2.12. The highest BCUT2D eigenvalue weighted by molar-refractivity contribution is 6.47. The minimum Gasteiger partial charge on any atom is -0.497 e. The molecule has 0 aliphatic rings. The number of rotatable bonds is 2. The molecule has 12 heavy (non-hydrogen) atoms. The minimum atomic E-state index is -0.336. The summed E-state index contributed by atoms with van der Waals surface area (Å²) in [5, 5.41) is 8.74. The number of hydrogen-bond acceptors (Lipinski definition) is 2. The third kappa shape index (κ3) is 1.59. The standard InChI is InChI=1S/C8H9BFO2/c1-5-3-6(9-11)8(12-2)4-7(5)10/h3-4,11H,1-2H3. The molecule has 0 fully saturated rings. The van der Waals surface area contributed by atoms with Gasteiger partial charge in [-0.05, 0) is 17.9 Å². The summed E-state index contributed by atoms with van der Waals surface area (Å²) < 4.78 is 17.7. The second-order valence-corrected chi connectivity index (χ2v) is 2.47. The van der Waals surface area contributed by atoms with Gasteiger partial charge in [-0.1, -0.05) is 6.07 Å². The Morgan fingerprint density at radius 2 is 2.17 bits per heavy atom. The van der Waals surface area contributed by atoms with Crippen molar-refractivity contribution in [3.8, 4) is 5.75 Å². The normalized spacial score (nSPS) is 9.67. The molecule has 4 heteroatoms. The fourth-order valence-corrected chi connectivity index (χ4v) is 0.963. The van der Waals surface area contributed by atoms with E-state index in [0.29, 0.717) is 16.8 Å². The number of benzene rings is 1. The van der Waals surface area contributed by atoms with E-state index in [9.17, 15) is 4.39 Å². The highest BCUT2D eigenvalue weighted by atomic mass is 19.1. The molecular formula is C8H9BFO2. The van der Waals surface area contributed by atoms with Crippen molar-refractivity contribution in [1.29, 1.82) is 0 Å². The second kappa shape index (κ2) is 3.58. The van der Waals surface area contributed by atoms with Gasteiger partial charge in [-0.25, -0.2) is 4.39 Å². The van der Waals surface area contributed by atoms with Crippen LogP contribution in [-0.2, 0) is 0 Å². The Morgan fingerprint density at radius 1 is 1.50 bits per heavy atom. The maximum atomic E-state index is 12.9. The molecule has 1 aromatic carbocycles. The highest BCUT2D eigenvalue weighted by Gasteiger charge is 2.07. The molecule has 0 heterocycles. The number of ether oxygens (including phenoxy) is 1. The van der Waals surface area contributed by atoms with Crippen LogP contribution in [0.25, 0.3) is 0 Å². The van der Waals surface area contributed by atoms with Gasteiger partial charge in [0, 0.05) is 6.07 Å². The van der Waals surface area contributed by atoms with E-state index in [1.54, 1.807) is 6.92 Å². The summed E-state index contributed by atoms with van der Waals surface area (Å²) in [5.41, 5.74) is 0.965. The Morgan fingerprint density at radius 3 is 2.67 bits per heavy atom. The van der Waals surface area contributed by atoms with Crippen LogP contribution >= 0.6 is 0 Å². The van der Waals surface area contributed by atoms with Crippen molar-refractivity contribution in [3.05, 3.63) is 23.5 Å². The van der Waals surface area contributed by atoms with E-state index in [-0.39, 0.29) is 5.82 Å². The van der Waals surface area contributed by atoms with Crippen molar-refractivity contribution in [2.45, 2.75) is 6.92 Å². The van der Waals surface area contributed by atoms with E-state index in [0.717, 1.165) is 7.48 Å². The molecule has 0 spiro atoms. The Labute approximate surface area is 71.3 Å². The van der Waals surface area contributed by atoms with E-state index in [2.05, 4.69) is 0 Å². The van der Waals surface area contributed by atoms with Gasteiger partial charge in [-0.2, -0.15) is 0 Å². The quantitative estimate of drug-likeness (QED) is 0.645. The molecule has 2 nitrogen and oxygen atoms in total. The summed E-state index contributed by atoms with van der Waals surface area (Å²) in [6.45, 7) is 1.63. The molecule has 63 valence electrons. The molecule has 0 aliphatic carbocycles. The molecule has 0 amide bonds. The smallest absolute Gasteiger partial charge is 0.330 e. The Kier molecular flexibility index (Phi) is 2.71. The molecule has 0 unspecified atom stereocenters. The van der Waals surface area contributed by atoms with Gasteiger partial charge < -0.3 is 9.76 Å². The number of aryl methyl sites for hydroxylation is 1. The zero-order valence-corrected chi connectivity index (χ0v) is 6.97. The van der Waals surface area contributed by atoms with Gasteiger partial charge in [0.05, 0.1) is 7.11 Å². The van der Waals surface area contributed by atoms with Crippen molar-refractivity contribution in [3.63, 3.8) is 0 Å². The molecule has 0 atom stereocenters. The summed E-state index contributed by atoms with van der Waals surface area (Å²) in [6, 6.07) is 2.77. The van der Waals surface area contributed by atoms with Crippen molar-refractivity contribution >= 4 is 12.9 Å². The zero-order chi connectivity index (χ0) is 9.14. The third-order valence-corrected chi connectivity index (χ3v) is 1.65. The van der Waals surface area contributed by atoms with Crippen LogP contribution in [0.2, 0.25) is 0 Å². The van der Waals surface area contributed by atoms with Gasteiger partial charge in [0.2, 0.25) is 0 Å². The molecule has 0 bridgehead atoms. The van der Waals surface area contributed by atoms with Crippen LogP contribution in [0.1, 0.15) is 5.56 Å². The predicted molar refractivity (Wildman–Crippen MR) is 45.3 cm³/mol. The molecule has 1 N–H and O–H groups in total. The van der Waals surface area contributed by atoms with Gasteiger partial charge in [-0.3, -0.25) is 0 Å². The third-order valence-electron chi connectivity index (χ3n) is 1.65. The lowest BCUT2D eigenvalue weighted by molar-refractivity contribution is 0.413. The predicted octanol–water partition coefficient (Wildman–Crippen LogP) is 0.380. The molecule has 0 saturated carbocycles. The van der Waals surface area contributed by atoms with E-state index in [4.69, 9.17) is 9.76 Å². The lowest BCUT2D eigenvalue weighted by Gasteiger charge is -2.06. The molecule has 1 radical (unpaired) electrons. The van der Waals surface area contributed by atoms with Crippen molar-refractivity contribution < 1.29 is 14.2 Å². The van der Waals surface area contributed by atoms with Gasteiger partial charge in [0.1, 0.15) is 11.6 Å². The minimum absolute atomic E-state index is 0.334. The molecule has 0 aromatic heterocycles. The average Bonchev–Trinajstić information content (AvgIpc) is 2.09. The first-order valence-electron chi connectivity index (χ1n) is 3.50. The van der Waals surface area contributed by atoms with Crippen LogP contribution < -0.4 is 10.2 Å². The molecule has 0 aliphatic heterocycles. The first-order valence-corrected chi connectivity index (χ1v) is 3.50. The molecule has 1 rings (SSSR count). The number of hydrogen-bond donors (Lipinski definition) is 1. The summed E-state index contributed by atoms with van der Waals surface area (Å²) >= 11 is 0. The first-order chi connectivity index (χ1) is 5.69. The van der Waals surface area contributed by atoms with Crippen molar-refractivity contribution in [2.24, 2.45) is 0 Å². The average molecular weight is 167 g/mol. The Bertz CT molecular complexity index is 260. The largest absolute Gasteiger partial charge is 0.497 e. The maximum absolute atomic E-state index is 12.9. The van der Waals surface area contributed by atoms with E-state index in [1.165, 1.54) is 19.2 Å². The van der Waals surface area contributed by atoms with Crippen LogP contribution in [-0.4, -0.2) is 19.6 Å². The lowest BCUT2D eigenvalue weighted by atomic mass is 9.86. The van der Waals surface area contributed by atoms with Gasteiger partial charge >= 0.3 is 7.48 Å². The van der Waals surface area contributed by atoms with Crippen LogP contribution in [0.4, 0.5) is 4.39 Å². The summed E-state index contributed by atoms with van der Waals surface area (Å²) in [7, 11) is 2.32. The molecule has 0 saturated heterocycles. The number of methoxy groups -OCH3 is 1. The monoisotopic (exact) mass is 167 g/mol. The Hall–Kier alpha value is -1.03. The summed E-state index contributed by atoms with van der Waals surface area (Å²) in [5.74, 6) is -0.00181. The molecule has 1 aromatic rings. The van der Waals surface area contributed by atoms with E-state index in [1.807, 2.05) is 0 Å². The topological polar surface area (TPSA) is 29.5 Å². The lowest BCUT2D eigenvalue weighted by Crippen LogP contribution is -2.17. The van der Waals surface area contributed by atoms with E-state index < -0.39 is 0 Å². The molecular weight excluding hydrogens is 158 g/mol. The van der Waals surface area contributed by atoms with Crippen LogP contribution in [0, 0.1) is 12.7 Å². The Balaban J connectivity index is 3.19. The van der Waals surface area contributed by atoms with Gasteiger partial charge in [-0.15, -0.1) is 0 Å². The van der Waals surface area contributed by atoms with Crippen LogP contribution in [0.3, 0.4) is 0 Å². The zero-order valence-electron chi connectivity index (χ0n) is 6.97. The fraction of sp³-hybridized carbons (Fsp3) is 0.250. The van der Waals surface area contributed by atoms with Gasteiger partial charge in [0.25, 0.3) is 0 Å². The number of halogens is 1. The first kappa shape index (κ1) is 9.07. The SMILES string of the molecule is COc1cc(F)c(C)cc1[B]O. The fourth-order valence-electron chi connectivity index (χ4n) is 0.963.